The predicted octanol–water partition coefficient (Wildman–Crippen LogP) is 2.66. The number of aromatic nitrogens is 1. The first-order chi connectivity index (χ1) is 12.4. The fourth-order valence-corrected chi connectivity index (χ4v) is 3.14. The van der Waals surface area contributed by atoms with Crippen molar-refractivity contribution < 1.29 is 24.2 Å². The van der Waals surface area contributed by atoms with Gasteiger partial charge in [-0.2, -0.15) is 0 Å². The van der Waals surface area contributed by atoms with Crippen molar-refractivity contribution in [1.82, 2.24) is 4.57 Å². The zero-order chi connectivity index (χ0) is 19.3. The van der Waals surface area contributed by atoms with Crippen LogP contribution in [0.2, 0.25) is 0 Å². The lowest BCUT2D eigenvalue weighted by atomic mass is 10.1. The largest absolute Gasteiger partial charge is 0.481 e. The SMILES string of the molecule is CCCCCCn1c(C)c(C(=O)C(N)=O)c2c(OCC(=O)O)cccc21. The van der Waals surface area contributed by atoms with Crippen LogP contribution in [0.4, 0.5) is 0 Å². The van der Waals surface area contributed by atoms with Crippen molar-refractivity contribution in [3.05, 3.63) is 29.5 Å². The summed E-state index contributed by atoms with van der Waals surface area (Å²) in [4.78, 5) is 34.7. The lowest BCUT2D eigenvalue weighted by molar-refractivity contribution is -0.139. The number of hydrogen-bond donors (Lipinski definition) is 2. The Kier molecular flexibility index (Phi) is 6.38. The number of carboxylic acid groups (broad SMARTS) is 1. The maximum atomic E-state index is 12.4. The zero-order valence-electron chi connectivity index (χ0n) is 15.1. The van der Waals surface area contributed by atoms with Gasteiger partial charge in [-0.05, 0) is 25.5 Å². The normalized spacial score (nSPS) is 10.8. The fourth-order valence-electron chi connectivity index (χ4n) is 3.14. The Morgan fingerprint density at radius 3 is 2.54 bits per heavy atom. The van der Waals surface area contributed by atoms with Crippen LogP contribution >= 0.6 is 0 Å². The van der Waals surface area contributed by atoms with Crippen molar-refractivity contribution in [2.45, 2.75) is 46.1 Å². The first-order valence-corrected chi connectivity index (χ1v) is 8.69. The van der Waals surface area contributed by atoms with E-state index in [4.69, 9.17) is 15.6 Å². The summed E-state index contributed by atoms with van der Waals surface area (Å²) >= 11 is 0. The average molecular weight is 360 g/mol. The number of amides is 1. The number of hydrogen-bond acceptors (Lipinski definition) is 4. The van der Waals surface area contributed by atoms with E-state index in [-0.39, 0.29) is 11.3 Å². The van der Waals surface area contributed by atoms with Gasteiger partial charge in [0.1, 0.15) is 5.75 Å². The molecule has 0 atom stereocenters. The minimum Gasteiger partial charge on any atom is -0.481 e. The lowest BCUT2D eigenvalue weighted by Crippen LogP contribution is -2.24. The Morgan fingerprint density at radius 2 is 1.92 bits per heavy atom. The third-order valence-corrected chi connectivity index (χ3v) is 4.35. The molecule has 0 unspecified atom stereocenters. The molecule has 1 aromatic carbocycles. The highest BCUT2D eigenvalue weighted by atomic mass is 16.5. The van der Waals surface area contributed by atoms with E-state index < -0.39 is 24.3 Å². The van der Waals surface area contributed by atoms with Gasteiger partial charge in [-0.25, -0.2) is 4.79 Å². The molecule has 0 saturated heterocycles. The molecule has 7 heteroatoms. The Morgan fingerprint density at radius 1 is 1.19 bits per heavy atom. The van der Waals surface area contributed by atoms with Crippen LogP contribution in [0, 0.1) is 6.92 Å². The number of carboxylic acids is 1. The highest BCUT2D eigenvalue weighted by molar-refractivity contribution is 6.45. The molecule has 2 aromatic rings. The number of carbonyl (C=O) groups excluding carboxylic acids is 2. The summed E-state index contributed by atoms with van der Waals surface area (Å²) < 4.78 is 7.31. The van der Waals surface area contributed by atoms with Crippen LogP contribution in [0.1, 0.15) is 48.7 Å². The van der Waals surface area contributed by atoms with Gasteiger partial charge >= 0.3 is 5.97 Å². The second-order valence-corrected chi connectivity index (χ2v) is 6.20. The summed E-state index contributed by atoms with van der Waals surface area (Å²) in [6, 6.07) is 5.15. The average Bonchev–Trinajstić information content (AvgIpc) is 2.88. The number of rotatable bonds is 10. The van der Waals surface area contributed by atoms with Crippen LogP contribution in [0.25, 0.3) is 10.9 Å². The van der Waals surface area contributed by atoms with Crippen LogP contribution < -0.4 is 10.5 Å². The zero-order valence-corrected chi connectivity index (χ0v) is 15.1. The number of aryl methyl sites for hydroxylation is 1. The van der Waals surface area contributed by atoms with E-state index in [1.165, 1.54) is 0 Å². The summed E-state index contributed by atoms with van der Waals surface area (Å²) in [6.07, 6.45) is 4.23. The molecule has 1 heterocycles. The number of unbranched alkanes of at least 4 members (excludes halogenated alkanes) is 3. The van der Waals surface area contributed by atoms with Gasteiger partial charge in [0.05, 0.1) is 16.5 Å². The number of carbonyl (C=O) groups is 3. The molecule has 0 aliphatic heterocycles. The smallest absolute Gasteiger partial charge is 0.341 e. The molecular weight excluding hydrogens is 336 g/mol. The first-order valence-electron chi connectivity index (χ1n) is 8.69. The van der Waals surface area contributed by atoms with E-state index in [0.717, 1.165) is 31.2 Å². The number of fused-ring (bicyclic) bond motifs is 1. The fraction of sp³-hybridized carbons (Fsp3) is 0.421. The second-order valence-electron chi connectivity index (χ2n) is 6.20. The van der Waals surface area contributed by atoms with Gasteiger partial charge in [-0.3, -0.25) is 9.59 Å². The molecular formula is C19H24N2O5. The Hall–Kier alpha value is -2.83. The number of nitrogens with zero attached hydrogens (tertiary/aromatic N) is 1. The standard InChI is InChI=1S/C19H24N2O5/c1-3-4-5-6-10-21-12(2)16(18(24)19(20)25)17-13(21)8-7-9-14(17)26-11-15(22)23/h7-9H,3-6,10-11H2,1-2H3,(H2,20,25)(H,22,23). The van der Waals surface area contributed by atoms with E-state index in [1.54, 1.807) is 19.1 Å². The number of nitrogens with two attached hydrogens (primary N) is 1. The molecule has 0 saturated carbocycles. The summed E-state index contributed by atoms with van der Waals surface area (Å²) in [5.74, 6) is -2.72. The van der Waals surface area contributed by atoms with Crippen LogP contribution in [0.5, 0.6) is 5.75 Å². The molecule has 0 radical (unpaired) electrons. The Balaban J connectivity index is 2.56. The van der Waals surface area contributed by atoms with E-state index in [2.05, 4.69) is 6.92 Å². The topological polar surface area (TPSA) is 112 Å². The van der Waals surface area contributed by atoms with E-state index in [9.17, 15) is 14.4 Å². The Labute approximate surface area is 151 Å². The van der Waals surface area contributed by atoms with E-state index >= 15 is 0 Å². The monoisotopic (exact) mass is 360 g/mol. The molecule has 0 bridgehead atoms. The number of Topliss-reactive ketones (excluding diaryl/α,β-unsaturated/α-hetero) is 1. The number of benzene rings is 1. The summed E-state index contributed by atoms with van der Waals surface area (Å²) in [5.41, 5.74) is 6.76. The maximum absolute atomic E-state index is 12.4. The van der Waals surface area contributed by atoms with E-state index in [0.29, 0.717) is 17.6 Å². The summed E-state index contributed by atoms with van der Waals surface area (Å²) in [6.45, 7) is 4.05. The molecule has 0 aliphatic carbocycles. The predicted molar refractivity (Wildman–Crippen MR) is 97.5 cm³/mol. The van der Waals surface area contributed by atoms with Crippen LogP contribution in [0.15, 0.2) is 18.2 Å². The molecule has 1 aromatic heterocycles. The Bertz CT molecular complexity index is 838. The molecule has 140 valence electrons. The van der Waals surface area contributed by atoms with Crippen molar-refractivity contribution >= 4 is 28.6 Å². The molecule has 7 nitrogen and oxygen atoms in total. The number of ketones is 1. The third-order valence-electron chi connectivity index (χ3n) is 4.35. The van der Waals surface area contributed by atoms with E-state index in [1.807, 2.05) is 10.6 Å². The molecule has 1 amide bonds. The summed E-state index contributed by atoms with van der Waals surface area (Å²) in [5, 5.41) is 9.30. The van der Waals surface area contributed by atoms with Crippen molar-refractivity contribution in [1.29, 1.82) is 0 Å². The van der Waals surface area contributed by atoms with Crippen molar-refractivity contribution in [3.63, 3.8) is 0 Å². The van der Waals surface area contributed by atoms with Crippen molar-refractivity contribution in [3.8, 4) is 5.75 Å². The van der Waals surface area contributed by atoms with Crippen LogP contribution in [0.3, 0.4) is 0 Å². The van der Waals surface area contributed by atoms with Crippen molar-refractivity contribution in [2.24, 2.45) is 5.73 Å². The number of ether oxygens (including phenoxy) is 1. The molecule has 0 spiro atoms. The molecule has 3 N–H and O–H groups in total. The minimum absolute atomic E-state index is 0.184. The highest BCUT2D eigenvalue weighted by Gasteiger charge is 2.26. The van der Waals surface area contributed by atoms with Gasteiger partial charge < -0.3 is 20.1 Å². The van der Waals surface area contributed by atoms with Gasteiger partial charge in [-0.15, -0.1) is 0 Å². The lowest BCUT2D eigenvalue weighted by Gasteiger charge is -2.09. The first kappa shape index (κ1) is 19.5. The molecule has 0 fully saturated rings. The summed E-state index contributed by atoms with van der Waals surface area (Å²) in [7, 11) is 0. The minimum atomic E-state index is -1.12. The quantitative estimate of drug-likeness (QED) is 0.384. The maximum Gasteiger partial charge on any atom is 0.341 e. The van der Waals surface area contributed by atoms with Crippen LogP contribution in [-0.2, 0) is 16.1 Å². The molecule has 2 rings (SSSR count). The number of primary amides is 1. The number of aliphatic carboxylic acids is 1. The van der Waals surface area contributed by atoms with Crippen molar-refractivity contribution in [2.75, 3.05) is 6.61 Å². The molecule has 0 aliphatic rings. The van der Waals surface area contributed by atoms with Gasteiger partial charge in [0.15, 0.2) is 6.61 Å². The van der Waals surface area contributed by atoms with Gasteiger partial charge in [-0.1, -0.05) is 32.3 Å². The molecule has 26 heavy (non-hydrogen) atoms. The van der Waals surface area contributed by atoms with Gasteiger partial charge in [0, 0.05) is 12.2 Å². The van der Waals surface area contributed by atoms with Gasteiger partial charge in [0.25, 0.3) is 11.7 Å². The highest BCUT2D eigenvalue weighted by Crippen LogP contribution is 2.34. The second kappa shape index (κ2) is 8.51. The third kappa shape index (κ3) is 4.04. The van der Waals surface area contributed by atoms with Crippen LogP contribution in [-0.4, -0.2) is 33.9 Å². The van der Waals surface area contributed by atoms with Gasteiger partial charge in [0.2, 0.25) is 0 Å².